The van der Waals surface area contributed by atoms with Gasteiger partial charge >= 0.3 is 0 Å². The lowest BCUT2D eigenvalue weighted by Gasteiger charge is -2.35. The van der Waals surface area contributed by atoms with E-state index in [1.54, 1.807) is 6.07 Å². The second-order valence-electron chi connectivity index (χ2n) is 6.56. The molecule has 0 N–H and O–H groups in total. The Morgan fingerprint density at radius 3 is 2.56 bits per heavy atom. The lowest BCUT2D eigenvalue weighted by Crippen LogP contribution is -2.48. The molecule has 5 heteroatoms. The van der Waals surface area contributed by atoms with Crippen molar-refractivity contribution in [2.45, 2.75) is 13.5 Å². The third-order valence-electron chi connectivity index (χ3n) is 4.93. The predicted octanol–water partition coefficient (Wildman–Crippen LogP) is 2.68. The van der Waals surface area contributed by atoms with E-state index in [1.165, 1.54) is 11.1 Å². The molecule has 2 aliphatic rings. The molecule has 2 heterocycles. The standard InChI is InChI=1S/C20H22N2O3/c1-15-4-2-3-5-17(15)13-21-8-10-22(11-9-21)20(23)16-6-7-18-19(12-16)25-14-24-18/h2-7,12H,8-11,13-14H2,1H3. The normalized spacial score (nSPS) is 16.9. The third kappa shape index (κ3) is 3.33. The first-order valence-electron chi connectivity index (χ1n) is 8.66. The van der Waals surface area contributed by atoms with Gasteiger partial charge in [0.25, 0.3) is 5.91 Å². The van der Waals surface area contributed by atoms with Gasteiger partial charge in [0.15, 0.2) is 11.5 Å². The fraction of sp³-hybridized carbons (Fsp3) is 0.350. The van der Waals surface area contributed by atoms with Crippen molar-refractivity contribution in [3.05, 3.63) is 59.2 Å². The highest BCUT2D eigenvalue weighted by Crippen LogP contribution is 2.32. The summed E-state index contributed by atoms with van der Waals surface area (Å²) in [5.74, 6) is 1.43. The van der Waals surface area contributed by atoms with Gasteiger partial charge in [-0.05, 0) is 36.2 Å². The minimum atomic E-state index is 0.0637. The molecule has 25 heavy (non-hydrogen) atoms. The molecule has 2 aliphatic heterocycles. The highest BCUT2D eigenvalue weighted by molar-refractivity contribution is 5.95. The fourth-order valence-electron chi connectivity index (χ4n) is 3.35. The number of amides is 1. The molecule has 0 aliphatic carbocycles. The number of carbonyl (C=O) groups excluding carboxylic acids is 1. The summed E-state index contributed by atoms with van der Waals surface area (Å²) in [6, 6.07) is 13.9. The van der Waals surface area contributed by atoms with Gasteiger partial charge in [0.1, 0.15) is 0 Å². The summed E-state index contributed by atoms with van der Waals surface area (Å²) in [5, 5.41) is 0. The highest BCUT2D eigenvalue weighted by Gasteiger charge is 2.24. The number of ether oxygens (including phenoxy) is 2. The van der Waals surface area contributed by atoms with Crippen molar-refractivity contribution in [3.8, 4) is 11.5 Å². The summed E-state index contributed by atoms with van der Waals surface area (Å²) in [5.41, 5.74) is 3.34. The first kappa shape index (κ1) is 16.0. The van der Waals surface area contributed by atoms with Crippen LogP contribution >= 0.6 is 0 Å². The van der Waals surface area contributed by atoms with Crippen LogP contribution in [0.4, 0.5) is 0 Å². The number of benzene rings is 2. The first-order valence-corrected chi connectivity index (χ1v) is 8.66. The number of carbonyl (C=O) groups is 1. The Bertz CT molecular complexity index is 782. The van der Waals surface area contributed by atoms with Crippen LogP contribution in [0.1, 0.15) is 21.5 Å². The van der Waals surface area contributed by atoms with E-state index >= 15 is 0 Å². The van der Waals surface area contributed by atoms with Crippen LogP contribution in [-0.4, -0.2) is 48.7 Å². The molecule has 1 amide bonds. The lowest BCUT2D eigenvalue weighted by molar-refractivity contribution is 0.0628. The molecule has 5 nitrogen and oxygen atoms in total. The van der Waals surface area contributed by atoms with E-state index in [4.69, 9.17) is 9.47 Å². The van der Waals surface area contributed by atoms with Crippen LogP contribution in [0, 0.1) is 6.92 Å². The van der Waals surface area contributed by atoms with Crippen LogP contribution in [0.5, 0.6) is 11.5 Å². The molecule has 4 rings (SSSR count). The molecule has 0 bridgehead atoms. The molecule has 0 unspecified atom stereocenters. The van der Waals surface area contributed by atoms with Crippen molar-refractivity contribution in [2.24, 2.45) is 0 Å². The maximum absolute atomic E-state index is 12.7. The Kier molecular flexibility index (Phi) is 4.32. The molecular formula is C20H22N2O3. The SMILES string of the molecule is Cc1ccccc1CN1CCN(C(=O)c2ccc3c(c2)OCO3)CC1. The van der Waals surface area contributed by atoms with Crippen molar-refractivity contribution >= 4 is 5.91 Å². The Morgan fingerprint density at radius 1 is 1.00 bits per heavy atom. The minimum absolute atomic E-state index is 0.0637. The van der Waals surface area contributed by atoms with Gasteiger partial charge in [-0.3, -0.25) is 9.69 Å². The second kappa shape index (κ2) is 6.76. The van der Waals surface area contributed by atoms with Crippen LogP contribution in [0.3, 0.4) is 0 Å². The summed E-state index contributed by atoms with van der Waals surface area (Å²) >= 11 is 0. The van der Waals surface area contributed by atoms with Gasteiger partial charge in [-0.2, -0.15) is 0 Å². The van der Waals surface area contributed by atoms with E-state index in [0.717, 1.165) is 32.7 Å². The molecule has 1 fully saturated rings. The van der Waals surface area contributed by atoms with E-state index in [9.17, 15) is 4.79 Å². The van der Waals surface area contributed by atoms with E-state index in [0.29, 0.717) is 17.1 Å². The van der Waals surface area contributed by atoms with Crippen molar-refractivity contribution in [2.75, 3.05) is 33.0 Å². The molecule has 0 spiro atoms. The Morgan fingerprint density at radius 2 is 1.76 bits per heavy atom. The number of piperazine rings is 1. The summed E-state index contributed by atoms with van der Waals surface area (Å²) in [6.45, 7) is 6.60. The second-order valence-corrected chi connectivity index (χ2v) is 6.56. The van der Waals surface area contributed by atoms with E-state index in [2.05, 4.69) is 36.1 Å². The monoisotopic (exact) mass is 338 g/mol. The number of aryl methyl sites for hydroxylation is 1. The molecule has 0 radical (unpaired) electrons. The fourth-order valence-corrected chi connectivity index (χ4v) is 3.35. The number of hydrogen-bond donors (Lipinski definition) is 0. The quantitative estimate of drug-likeness (QED) is 0.863. The van der Waals surface area contributed by atoms with Gasteiger partial charge < -0.3 is 14.4 Å². The van der Waals surface area contributed by atoms with Crippen LogP contribution < -0.4 is 9.47 Å². The Labute approximate surface area is 147 Å². The van der Waals surface area contributed by atoms with Crippen molar-refractivity contribution < 1.29 is 14.3 Å². The molecule has 130 valence electrons. The largest absolute Gasteiger partial charge is 0.454 e. The summed E-state index contributed by atoms with van der Waals surface area (Å²) in [4.78, 5) is 17.1. The molecule has 2 aromatic carbocycles. The summed E-state index contributed by atoms with van der Waals surface area (Å²) < 4.78 is 10.7. The smallest absolute Gasteiger partial charge is 0.254 e. The van der Waals surface area contributed by atoms with Crippen molar-refractivity contribution in [1.29, 1.82) is 0 Å². The Balaban J connectivity index is 1.37. The number of fused-ring (bicyclic) bond motifs is 1. The van der Waals surface area contributed by atoms with Crippen molar-refractivity contribution in [1.82, 2.24) is 9.80 Å². The number of rotatable bonds is 3. The third-order valence-corrected chi connectivity index (χ3v) is 4.93. The number of nitrogens with zero attached hydrogens (tertiary/aromatic N) is 2. The zero-order chi connectivity index (χ0) is 17.2. The molecule has 0 saturated carbocycles. The average molecular weight is 338 g/mol. The average Bonchev–Trinajstić information content (AvgIpc) is 3.11. The maximum atomic E-state index is 12.7. The lowest BCUT2D eigenvalue weighted by atomic mass is 10.1. The Hall–Kier alpha value is -2.53. The van der Waals surface area contributed by atoms with Gasteiger partial charge in [-0.1, -0.05) is 24.3 Å². The topological polar surface area (TPSA) is 42.0 Å². The van der Waals surface area contributed by atoms with Gasteiger partial charge in [0, 0.05) is 38.3 Å². The minimum Gasteiger partial charge on any atom is -0.454 e. The van der Waals surface area contributed by atoms with Crippen LogP contribution in [-0.2, 0) is 6.54 Å². The summed E-state index contributed by atoms with van der Waals surface area (Å²) in [6.07, 6.45) is 0. The molecule has 1 saturated heterocycles. The first-order chi connectivity index (χ1) is 12.2. The van der Waals surface area contributed by atoms with E-state index in [-0.39, 0.29) is 12.7 Å². The maximum Gasteiger partial charge on any atom is 0.254 e. The molecular weight excluding hydrogens is 316 g/mol. The van der Waals surface area contributed by atoms with Gasteiger partial charge in [0.05, 0.1) is 0 Å². The zero-order valence-corrected chi connectivity index (χ0v) is 14.4. The molecule has 0 atom stereocenters. The van der Waals surface area contributed by atoms with Crippen LogP contribution in [0.2, 0.25) is 0 Å². The van der Waals surface area contributed by atoms with Gasteiger partial charge in [-0.15, -0.1) is 0 Å². The number of hydrogen-bond acceptors (Lipinski definition) is 4. The van der Waals surface area contributed by atoms with Gasteiger partial charge in [0.2, 0.25) is 6.79 Å². The van der Waals surface area contributed by atoms with Crippen molar-refractivity contribution in [3.63, 3.8) is 0 Å². The van der Waals surface area contributed by atoms with Crippen LogP contribution in [0.25, 0.3) is 0 Å². The van der Waals surface area contributed by atoms with Gasteiger partial charge in [-0.25, -0.2) is 0 Å². The van der Waals surface area contributed by atoms with E-state index in [1.807, 2.05) is 17.0 Å². The highest BCUT2D eigenvalue weighted by atomic mass is 16.7. The zero-order valence-electron chi connectivity index (χ0n) is 14.4. The van der Waals surface area contributed by atoms with E-state index < -0.39 is 0 Å². The molecule has 2 aromatic rings. The van der Waals surface area contributed by atoms with Crippen LogP contribution in [0.15, 0.2) is 42.5 Å². The molecule has 0 aromatic heterocycles. The predicted molar refractivity (Wildman–Crippen MR) is 94.9 cm³/mol. The summed E-state index contributed by atoms with van der Waals surface area (Å²) in [7, 11) is 0.